The zero-order valence-electron chi connectivity index (χ0n) is 13.5. The summed E-state index contributed by atoms with van der Waals surface area (Å²) in [5.74, 6) is 0. The molecule has 1 saturated heterocycles. The highest BCUT2D eigenvalue weighted by atomic mass is 32.2. The van der Waals surface area contributed by atoms with Crippen molar-refractivity contribution in [2.24, 2.45) is 0 Å². The highest BCUT2D eigenvalue weighted by molar-refractivity contribution is 7.92. The van der Waals surface area contributed by atoms with E-state index in [1.807, 2.05) is 48.5 Å². The fourth-order valence-electron chi connectivity index (χ4n) is 3.00. The Labute approximate surface area is 143 Å². The minimum atomic E-state index is -3.43. The first-order chi connectivity index (χ1) is 11.6. The number of rotatable bonds is 6. The molecule has 1 fully saturated rings. The molecule has 1 heterocycles. The smallest absolute Gasteiger partial charge is 0.233 e. The van der Waals surface area contributed by atoms with Crippen LogP contribution in [-0.2, 0) is 10.0 Å². The van der Waals surface area contributed by atoms with Crippen LogP contribution in [-0.4, -0.2) is 27.5 Å². The number of para-hydroxylation sites is 1. The van der Waals surface area contributed by atoms with Gasteiger partial charge in [-0.05, 0) is 36.6 Å². The molecule has 1 aliphatic heterocycles. The molecule has 0 saturated carbocycles. The highest BCUT2D eigenvalue weighted by Gasteiger charge is 2.25. The predicted octanol–water partition coefficient (Wildman–Crippen LogP) is 3.25. The van der Waals surface area contributed by atoms with Crippen LogP contribution in [0, 0.1) is 0 Å². The van der Waals surface area contributed by atoms with Crippen molar-refractivity contribution < 1.29 is 8.42 Å². The Balaban J connectivity index is 1.61. The van der Waals surface area contributed by atoms with Gasteiger partial charge in [-0.15, -0.1) is 0 Å². The summed E-state index contributed by atoms with van der Waals surface area (Å²) in [5.41, 5.74) is 2.02. The Morgan fingerprint density at radius 3 is 2.42 bits per heavy atom. The van der Waals surface area contributed by atoms with Crippen LogP contribution in [0.15, 0.2) is 66.1 Å². The van der Waals surface area contributed by atoms with Crippen molar-refractivity contribution >= 4 is 21.8 Å². The van der Waals surface area contributed by atoms with Crippen LogP contribution in [0.1, 0.15) is 18.4 Å². The van der Waals surface area contributed by atoms with Crippen molar-refractivity contribution in [2.75, 3.05) is 18.0 Å². The molecule has 0 spiro atoms. The van der Waals surface area contributed by atoms with Crippen molar-refractivity contribution in [3.8, 4) is 0 Å². The van der Waals surface area contributed by atoms with Crippen LogP contribution in [0.5, 0.6) is 0 Å². The van der Waals surface area contributed by atoms with Gasteiger partial charge in [-0.3, -0.25) is 0 Å². The lowest BCUT2D eigenvalue weighted by Gasteiger charge is -2.26. The lowest BCUT2D eigenvalue weighted by Crippen LogP contribution is -2.39. The number of hydrogen-bond donors (Lipinski definition) is 1. The maximum atomic E-state index is 12.2. The summed E-state index contributed by atoms with van der Waals surface area (Å²) in [4.78, 5) is 2.28. The Morgan fingerprint density at radius 1 is 1.04 bits per heavy atom. The molecule has 5 heteroatoms. The quantitative estimate of drug-likeness (QED) is 0.877. The first kappa shape index (κ1) is 16.7. The van der Waals surface area contributed by atoms with E-state index in [1.54, 1.807) is 6.08 Å². The molecule has 126 valence electrons. The third-order valence-electron chi connectivity index (χ3n) is 4.22. The van der Waals surface area contributed by atoms with Gasteiger partial charge in [-0.1, -0.05) is 48.5 Å². The highest BCUT2D eigenvalue weighted by Crippen LogP contribution is 2.24. The van der Waals surface area contributed by atoms with E-state index >= 15 is 0 Å². The lowest BCUT2D eigenvalue weighted by atomic mass is 10.2. The minimum absolute atomic E-state index is 0.201. The average Bonchev–Trinajstić information content (AvgIpc) is 3.09. The van der Waals surface area contributed by atoms with Crippen molar-refractivity contribution in [3.05, 3.63) is 71.6 Å². The first-order valence-corrected chi connectivity index (χ1v) is 9.73. The van der Waals surface area contributed by atoms with Gasteiger partial charge in [-0.2, -0.15) is 0 Å². The fourth-order valence-corrected chi connectivity index (χ4v) is 3.86. The zero-order valence-corrected chi connectivity index (χ0v) is 14.3. The van der Waals surface area contributed by atoms with Gasteiger partial charge in [0, 0.05) is 30.2 Å². The SMILES string of the molecule is O=S(=O)(/C=C/c1ccccc1)NCC1CCCN1c1ccccc1. The normalized spacial score (nSPS) is 18.3. The van der Waals surface area contributed by atoms with Gasteiger partial charge in [-0.25, -0.2) is 13.1 Å². The second-order valence-electron chi connectivity index (χ2n) is 5.93. The molecule has 0 radical (unpaired) electrons. The van der Waals surface area contributed by atoms with Gasteiger partial charge in [0.2, 0.25) is 10.0 Å². The van der Waals surface area contributed by atoms with Crippen LogP contribution >= 0.6 is 0 Å². The predicted molar refractivity (Wildman–Crippen MR) is 99.2 cm³/mol. The van der Waals surface area contributed by atoms with Gasteiger partial charge in [0.05, 0.1) is 0 Å². The Hall–Kier alpha value is -2.11. The number of nitrogens with one attached hydrogen (secondary N) is 1. The topological polar surface area (TPSA) is 49.4 Å². The van der Waals surface area contributed by atoms with E-state index < -0.39 is 10.0 Å². The molecule has 1 atom stereocenters. The molecule has 3 rings (SSSR count). The molecule has 1 aliphatic rings. The van der Waals surface area contributed by atoms with Gasteiger partial charge in [0.15, 0.2) is 0 Å². The summed E-state index contributed by atoms with van der Waals surface area (Å²) in [6.45, 7) is 1.40. The van der Waals surface area contributed by atoms with Crippen molar-refractivity contribution in [1.82, 2.24) is 4.72 Å². The Bertz CT molecular complexity index is 774. The molecule has 0 aromatic heterocycles. The largest absolute Gasteiger partial charge is 0.367 e. The number of benzene rings is 2. The number of hydrogen-bond acceptors (Lipinski definition) is 3. The standard InChI is InChI=1S/C19H22N2O2S/c22-24(23,15-13-17-8-3-1-4-9-17)20-16-19-12-7-14-21(19)18-10-5-2-6-11-18/h1-6,8-11,13,15,19-20H,7,12,14,16H2/b15-13+. The van der Waals surface area contributed by atoms with E-state index in [2.05, 4.69) is 21.8 Å². The summed E-state index contributed by atoms with van der Waals surface area (Å²) in [5, 5.41) is 1.24. The molecular weight excluding hydrogens is 320 g/mol. The van der Waals surface area contributed by atoms with E-state index in [4.69, 9.17) is 0 Å². The molecule has 1 N–H and O–H groups in total. The van der Waals surface area contributed by atoms with E-state index in [9.17, 15) is 8.42 Å². The number of nitrogens with zero attached hydrogens (tertiary/aromatic N) is 1. The minimum Gasteiger partial charge on any atom is -0.367 e. The Morgan fingerprint density at radius 2 is 1.71 bits per heavy atom. The van der Waals surface area contributed by atoms with E-state index in [0.29, 0.717) is 6.54 Å². The molecule has 4 nitrogen and oxygen atoms in total. The summed E-state index contributed by atoms with van der Waals surface area (Å²) in [6, 6.07) is 19.8. The van der Waals surface area contributed by atoms with Crippen LogP contribution in [0.2, 0.25) is 0 Å². The van der Waals surface area contributed by atoms with Crippen molar-refractivity contribution in [3.63, 3.8) is 0 Å². The van der Waals surface area contributed by atoms with E-state index in [-0.39, 0.29) is 6.04 Å². The molecule has 2 aromatic rings. The summed E-state index contributed by atoms with van der Waals surface area (Å²) < 4.78 is 27.1. The van der Waals surface area contributed by atoms with Gasteiger partial charge < -0.3 is 4.90 Å². The molecule has 24 heavy (non-hydrogen) atoms. The summed E-state index contributed by atoms with van der Waals surface area (Å²) in [7, 11) is -3.43. The third kappa shape index (κ3) is 4.46. The number of anilines is 1. The maximum Gasteiger partial charge on any atom is 0.233 e. The zero-order chi connectivity index (χ0) is 16.8. The van der Waals surface area contributed by atoms with Gasteiger partial charge >= 0.3 is 0 Å². The van der Waals surface area contributed by atoms with Crippen LogP contribution in [0.4, 0.5) is 5.69 Å². The Kier molecular flexibility index (Phi) is 5.33. The monoisotopic (exact) mass is 342 g/mol. The van der Waals surface area contributed by atoms with Crippen molar-refractivity contribution in [2.45, 2.75) is 18.9 Å². The maximum absolute atomic E-state index is 12.2. The molecular formula is C19H22N2O2S. The first-order valence-electron chi connectivity index (χ1n) is 8.18. The molecule has 2 aromatic carbocycles. The molecule has 0 bridgehead atoms. The van der Waals surface area contributed by atoms with E-state index in [1.165, 1.54) is 5.41 Å². The van der Waals surface area contributed by atoms with Gasteiger partial charge in [0.1, 0.15) is 0 Å². The molecule has 1 unspecified atom stereocenters. The molecule has 0 aliphatic carbocycles. The van der Waals surface area contributed by atoms with Crippen LogP contribution in [0.3, 0.4) is 0 Å². The summed E-state index contributed by atoms with van der Waals surface area (Å²) >= 11 is 0. The van der Waals surface area contributed by atoms with Crippen LogP contribution in [0.25, 0.3) is 6.08 Å². The van der Waals surface area contributed by atoms with Crippen LogP contribution < -0.4 is 9.62 Å². The lowest BCUT2D eigenvalue weighted by molar-refractivity contribution is 0.575. The fraction of sp³-hybridized carbons (Fsp3) is 0.263. The number of sulfonamides is 1. The van der Waals surface area contributed by atoms with Crippen molar-refractivity contribution in [1.29, 1.82) is 0 Å². The average molecular weight is 342 g/mol. The molecule has 0 amide bonds. The van der Waals surface area contributed by atoms with E-state index in [0.717, 1.165) is 30.6 Å². The second kappa shape index (κ2) is 7.64. The van der Waals surface area contributed by atoms with Gasteiger partial charge in [0.25, 0.3) is 0 Å². The second-order valence-corrected chi connectivity index (χ2v) is 7.58. The third-order valence-corrected chi connectivity index (χ3v) is 5.29. The summed E-state index contributed by atoms with van der Waals surface area (Å²) in [6.07, 6.45) is 3.70.